The Morgan fingerprint density at radius 2 is 1.66 bits per heavy atom. The molecule has 4 aromatic rings. The van der Waals surface area contributed by atoms with E-state index in [-0.39, 0.29) is 18.0 Å². The van der Waals surface area contributed by atoms with E-state index in [4.69, 9.17) is 4.74 Å². The molecule has 6 heteroatoms. The molecule has 3 aromatic carbocycles. The average Bonchev–Trinajstić information content (AvgIpc) is 3.33. The minimum atomic E-state index is -0.198. The van der Waals surface area contributed by atoms with Crippen molar-refractivity contribution in [3.8, 4) is 5.75 Å². The van der Waals surface area contributed by atoms with E-state index in [2.05, 4.69) is 28.3 Å². The standard InChI is InChI=1S/C26H24N4O2/c1-18-12-14-20(15-13-18)25(31)29-22(19-8-4-3-5-9-19)16-23(30-26(29)27-17-28-30)21-10-6-7-11-24(21)32-2/h3-15,17,22-23H,16H2,1-2H3/t22-,23-/m1/s1. The van der Waals surface area contributed by atoms with Crippen molar-refractivity contribution in [2.45, 2.75) is 25.4 Å². The molecule has 1 aliphatic heterocycles. The summed E-state index contributed by atoms with van der Waals surface area (Å²) in [6.07, 6.45) is 2.17. The number of fused-ring (bicyclic) bond motifs is 1. The molecule has 0 radical (unpaired) electrons. The lowest BCUT2D eigenvalue weighted by molar-refractivity contribution is 0.0963. The van der Waals surface area contributed by atoms with Gasteiger partial charge in [0.15, 0.2) is 0 Å². The molecule has 0 aliphatic carbocycles. The van der Waals surface area contributed by atoms with Gasteiger partial charge in [-0.3, -0.25) is 9.69 Å². The van der Waals surface area contributed by atoms with Crippen molar-refractivity contribution in [3.05, 3.63) is 107 Å². The Kier molecular flexibility index (Phi) is 5.19. The fourth-order valence-corrected chi connectivity index (χ4v) is 4.42. The van der Waals surface area contributed by atoms with Crippen LogP contribution in [0.25, 0.3) is 0 Å². The third kappa shape index (κ3) is 3.43. The Balaban J connectivity index is 1.66. The van der Waals surface area contributed by atoms with Crippen molar-refractivity contribution >= 4 is 11.9 Å². The molecular formula is C26H24N4O2. The van der Waals surface area contributed by atoms with Gasteiger partial charge >= 0.3 is 0 Å². The summed E-state index contributed by atoms with van der Waals surface area (Å²) >= 11 is 0. The van der Waals surface area contributed by atoms with Gasteiger partial charge in [0.05, 0.1) is 19.2 Å². The Morgan fingerprint density at radius 3 is 2.41 bits per heavy atom. The van der Waals surface area contributed by atoms with Gasteiger partial charge in [0.2, 0.25) is 5.95 Å². The fraction of sp³-hybridized carbons (Fsp3) is 0.192. The number of methoxy groups -OCH3 is 1. The molecule has 160 valence electrons. The van der Waals surface area contributed by atoms with Crippen LogP contribution in [0.15, 0.2) is 85.2 Å². The normalized spacial score (nSPS) is 17.6. The van der Waals surface area contributed by atoms with Gasteiger partial charge in [-0.2, -0.15) is 10.1 Å². The number of hydrogen-bond acceptors (Lipinski definition) is 4. The van der Waals surface area contributed by atoms with Crippen molar-refractivity contribution in [2.75, 3.05) is 12.0 Å². The minimum Gasteiger partial charge on any atom is -0.496 e. The molecule has 0 saturated heterocycles. The third-order valence-corrected chi connectivity index (χ3v) is 6.02. The van der Waals surface area contributed by atoms with E-state index >= 15 is 0 Å². The maximum absolute atomic E-state index is 13.7. The monoisotopic (exact) mass is 424 g/mol. The van der Waals surface area contributed by atoms with Crippen molar-refractivity contribution in [1.29, 1.82) is 0 Å². The number of amides is 1. The number of rotatable bonds is 4. The number of anilines is 1. The number of nitrogens with zero attached hydrogens (tertiary/aromatic N) is 4. The Labute approximate surface area is 187 Å². The third-order valence-electron chi connectivity index (χ3n) is 6.02. The number of ether oxygens (including phenoxy) is 1. The maximum Gasteiger partial charge on any atom is 0.261 e. The van der Waals surface area contributed by atoms with Crippen LogP contribution in [0, 0.1) is 6.92 Å². The van der Waals surface area contributed by atoms with Gasteiger partial charge in [-0.15, -0.1) is 0 Å². The van der Waals surface area contributed by atoms with Crippen LogP contribution < -0.4 is 9.64 Å². The number of carbonyl (C=O) groups excluding carboxylic acids is 1. The summed E-state index contributed by atoms with van der Waals surface area (Å²) in [5, 5.41) is 4.51. The van der Waals surface area contributed by atoms with E-state index in [1.54, 1.807) is 12.0 Å². The van der Waals surface area contributed by atoms with Crippen LogP contribution in [0.5, 0.6) is 5.75 Å². The van der Waals surface area contributed by atoms with Gasteiger partial charge in [0, 0.05) is 11.1 Å². The number of hydrogen-bond donors (Lipinski definition) is 0. The van der Waals surface area contributed by atoms with Gasteiger partial charge in [-0.05, 0) is 37.1 Å². The van der Waals surface area contributed by atoms with Crippen LogP contribution in [0.3, 0.4) is 0 Å². The van der Waals surface area contributed by atoms with Crippen LogP contribution in [-0.2, 0) is 0 Å². The zero-order chi connectivity index (χ0) is 22.1. The smallest absolute Gasteiger partial charge is 0.261 e. The molecule has 0 fully saturated rings. The minimum absolute atomic E-state index is 0.0911. The van der Waals surface area contributed by atoms with E-state index in [1.165, 1.54) is 6.33 Å². The molecule has 1 amide bonds. The highest BCUT2D eigenvalue weighted by molar-refractivity contribution is 6.05. The van der Waals surface area contributed by atoms with Crippen molar-refractivity contribution < 1.29 is 9.53 Å². The van der Waals surface area contributed by atoms with Crippen LogP contribution in [0.2, 0.25) is 0 Å². The molecule has 0 N–H and O–H groups in total. The van der Waals surface area contributed by atoms with Gasteiger partial charge in [0.25, 0.3) is 5.91 Å². The summed E-state index contributed by atoms with van der Waals surface area (Å²) in [5.41, 5.74) is 3.81. The summed E-state index contributed by atoms with van der Waals surface area (Å²) in [5.74, 6) is 1.24. The van der Waals surface area contributed by atoms with Crippen LogP contribution in [0.1, 0.15) is 45.6 Å². The fourth-order valence-electron chi connectivity index (χ4n) is 4.42. The molecule has 6 nitrogen and oxygen atoms in total. The maximum atomic E-state index is 13.7. The van der Waals surface area contributed by atoms with Crippen LogP contribution in [-0.4, -0.2) is 27.8 Å². The Morgan fingerprint density at radius 1 is 0.938 bits per heavy atom. The second-order valence-electron chi connectivity index (χ2n) is 7.97. The topological polar surface area (TPSA) is 60.2 Å². The lowest BCUT2D eigenvalue weighted by Crippen LogP contribution is -2.42. The second-order valence-corrected chi connectivity index (χ2v) is 7.97. The molecule has 1 aliphatic rings. The second kappa shape index (κ2) is 8.30. The largest absolute Gasteiger partial charge is 0.496 e. The van der Waals surface area contributed by atoms with Crippen molar-refractivity contribution in [2.24, 2.45) is 0 Å². The Bertz CT molecular complexity index is 1230. The number of aryl methyl sites for hydroxylation is 1. The first-order valence-electron chi connectivity index (χ1n) is 10.6. The summed E-state index contributed by atoms with van der Waals surface area (Å²) in [4.78, 5) is 20.0. The van der Waals surface area contributed by atoms with Crippen LogP contribution >= 0.6 is 0 Å². The van der Waals surface area contributed by atoms with Crippen LogP contribution in [0.4, 0.5) is 5.95 Å². The highest BCUT2D eigenvalue weighted by Gasteiger charge is 2.40. The zero-order valence-corrected chi connectivity index (χ0v) is 18.1. The molecule has 5 rings (SSSR count). The molecule has 1 aromatic heterocycles. The number of benzene rings is 3. The molecule has 0 bridgehead atoms. The van der Waals surface area contributed by atoms with E-state index in [0.717, 1.165) is 22.4 Å². The molecule has 0 unspecified atom stereocenters. The molecule has 0 saturated carbocycles. The number of carbonyl (C=O) groups is 1. The molecule has 32 heavy (non-hydrogen) atoms. The van der Waals surface area contributed by atoms with Gasteiger partial charge < -0.3 is 4.74 Å². The first-order valence-corrected chi connectivity index (χ1v) is 10.6. The van der Waals surface area contributed by atoms with E-state index in [0.29, 0.717) is 17.9 Å². The lowest BCUT2D eigenvalue weighted by Gasteiger charge is -2.39. The van der Waals surface area contributed by atoms with E-state index in [9.17, 15) is 4.79 Å². The predicted octanol–water partition coefficient (Wildman–Crippen LogP) is 4.98. The highest BCUT2D eigenvalue weighted by Crippen LogP contribution is 2.44. The highest BCUT2D eigenvalue weighted by atomic mass is 16.5. The van der Waals surface area contributed by atoms with E-state index in [1.807, 2.05) is 72.3 Å². The molecule has 0 spiro atoms. The number of aromatic nitrogens is 3. The number of para-hydroxylation sites is 1. The molecule has 2 heterocycles. The predicted molar refractivity (Wildman–Crippen MR) is 123 cm³/mol. The molecular weight excluding hydrogens is 400 g/mol. The lowest BCUT2D eigenvalue weighted by atomic mass is 9.91. The quantitative estimate of drug-likeness (QED) is 0.464. The summed E-state index contributed by atoms with van der Waals surface area (Å²) < 4.78 is 7.48. The van der Waals surface area contributed by atoms with E-state index < -0.39 is 0 Å². The average molecular weight is 425 g/mol. The first kappa shape index (κ1) is 20.0. The zero-order valence-electron chi connectivity index (χ0n) is 18.1. The van der Waals surface area contributed by atoms with Gasteiger partial charge in [0.1, 0.15) is 12.1 Å². The van der Waals surface area contributed by atoms with Crippen molar-refractivity contribution in [1.82, 2.24) is 14.8 Å². The summed E-state index contributed by atoms with van der Waals surface area (Å²) in [7, 11) is 1.67. The van der Waals surface area contributed by atoms with Gasteiger partial charge in [-0.1, -0.05) is 66.2 Å². The molecule has 2 atom stereocenters. The van der Waals surface area contributed by atoms with Crippen molar-refractivity contribution in [3.63, 3.8) is 0 Å². The first-order chi connectivity index (χ1) is 15.7. The summed E-state index contributed by atoms with van der Waals surface area (Å²) in [6.45, 7) is 2.01. The Hall–Kier alpha value is -3.93. The van der Waals surface area contributed by atoms with Gasteiger partial charge in [-0.25, -0.2) is 4.68 Å². The summed E-state index contributed by atoms with van der Waals surface area (Å²) in [6, 6.07) is 25.4. The SMILES string of the molecule is COc1ccccc1[C@H]1C[C@H](c2ccccc2)N(C(=O)c2ccc(C)cc2)c2ncnn21.